The zero-order valence-electron chi connectivity index (χ0n) is 23.3. The van der Waals surface area contributed by atoms with Crippen LogP contribution in [0.15, 0.2) is 78.2 Å². The number of aromatic nitrogens is 3. The molecule has 2 amide bonds. The summed E-state index contributed by atoms with van der Waals surface area (Å²) in [5.74, 6) is -3.03. The van der Waals surface area contributed by atoms with Crippen LogP contribution >= 0.6 is 11.6 Å². The van der Waals surface area contributed by atoms with Gasteiger partial charge in [-0.05, 0) is 61.7 Å². The van der Waals surface area contributed by atoms with Gasteiger partial charge in [-0.2, -0.15) is 5.10 Å². The number of nitrogens with zero attached hydrogens (tertiary/aromatic N) is 5. The SMILES string of the molecule is CN=C(N)N(C(=O)c1cc(F)cc(F)c1)[C@H](COC(=O)NC1(C)CC1)c1ccc(Cl)c(-n2cc(-c3ccccn3)cn2)c1. The molecule has 13 heteroatoms. The van der Waals surface area contributed by atoms with Crippen molar-refractivity contribution >= 4 is 29.6 Å². The van der Waals surface area contributed by atoms with Crippen LogP contribution in [0.4, 0.5) is 13.6 Å². The van der Waals surface area contributed by atoms with Crippen molar-refractivity contribution in [1.82, 2.24) is 25.0 Å². The van der Waals surface area contributed by atoms with Crippen LogP contribution in [0.2, 0.25) is 5.02 Å². The topological polar surface area (TPSA) is 128 Å². The normalized spacial score (nSPS) is 14.6. The summed E-state index contributed by atoms with van der Waals surface area (Å²) in [6, 6.07) is 11.7. The van der Waals surface area contributed by atoms with E-state index in [1.54, 1.807) is 47.5 Å². The van der Waals surface area contributed by atoms with E-state index in [1.807, 2.05) is 19.1 Å². The number of carbonyl (C=O) groups is 2. The van der Waals surface area contributed by atoms with Crippen LogP contribution in [0.1, 0.15) is 41.7 Å². The Kier molecular flexibility index (Phi) is 8.40. The molecule has 0 spiro atoms. The summed E-state index contributed by atoms with van der Waals surface area (Å²) in [6.45, 7) is 1.51. The molecule has 4 aromatic rings. The summed E-state index contributed by atoms with van der Waals surface area (Å²) in [7, 11) is 1.36. The highest BCUT2D eigenvalue weighted by molar-refractivity contribution is 6.32. The number of ether oxygens (including phenoxy) is 1. The Labute approximate surface area is 251 Å². The standard InChI is InChI=1S/C30H28ClF2N7O3/c1-30(8-9-30)38-29(42)43-17-26(40(28(34)35-2)27(41)19-11-21(32)14-22(33)12-19)18-6-7-23(31)25(13-18)39-16-20(15-37-39)24-5-3-4-10-36-24/h3-7,10-16,26H,8-9,17H2,1-2H3,(H2,34,35)(H,38,42)/t26-/m1/s1. The molecule has 1 aliphatic carbocycles. The van der Waals surface area contributed by atoms with Gasteiger partial charge in [-0.15, -0.1) is 0 Å². The minimum atomic E-state index is -1.08. The number of aliphatic imine (C=N–C) groups is 1. The number of alkyl carbamates (subject to hydrolysis) is 1. The Hall–Kier alpha value is -4.84. The number of carbonyl (C=O) groups excluding carboxylic acids is 2. The van der Waals surface area contributed by atoms with Gasteiger partial charge in [0, 0.05) is 42.2 Å². The van der Waals surface area contributed by atoms with E-state index < -0.39 is 29.7 Å². The van der Waals surface area contributed by atoms with Gasteiger partial charge in [0.15, 0.2) is 5.96 Å². The summed E-state index contributed by atoms with van der Waals surface area (Å²) in [5.41, 5.74) is 7.83. The molecule has 0 saturated heterocycles. The van der Waals surface area contributed by atoms with Crippen LogP contribution in [-0.4, -0.2) is 56.8 Å². The van der Waals surface area contributed by atoms with E-state index in [4.69, 9.17) is 22.1 Å². The van der Waals surface area contributed by atoms with Crippen LogP contribution in [0.3, 0.4) is 0 Å². The van der Waals surface area contributed by atoms with Crippen LogP contribution in [0, 0.1) is 11.6 Å². The molecule has 5 rings (SSSR count). The van der Waals surface area contributed by atoms with Crippen molar-refractivity contribution in [2.45, 2.75) is 31.3 Å². The average molecular weight is 608 g/mol. The third-order valence-corrected chi connectivity index (χ3v) is 7.36. The summed E-state index contributed by atoms with van der Waals surface area (Å²) < 4.78 is 35.3. The Morgan fingerprint density at radius 2 is 1.93 bits per heavy atom. The van der Waals surface area contributed by atoms with Crippen molar-refractivity contribution < 1.29 is 23.1 Å². The van der Waals surface area contributed by atoms with Gasteiger partial charge in [-0.3, -0.25) is 19.7 Å². The molecule has 0 aliphatic heterocycles. The van der Waals surface area contributed by atoms with Crippen molar-refractivity contribution in [1.29, 1.82) is 0 Å². The Morgan fingerprint density at radius 1 is 1.19 bits per heavy atom. The van der Waals surface area contributed by atoms with Crippen LogP contribution < -0.4 is 11.1 Å². The molecule has 43 heavy (non-hydrogen) atoms. The van der Waals surface area contributed by atoms with E-state index in [-0.39, 0.29) is 23.7 Å². The monoisotopic (exact) mass is 607 g/mol. The maximum Gasteiger partial charge on any atom is 0.407 e. The largest absolute Gasteiger partial charge is 0.447 e. The lowest BCUT2D eigenvalue weighted by Crippen LogP contribution is -2.47. The molecule has 1 aliphatic rings. The third-order valence-electron chi connectivity index (χ3n) is 7.04. The van der Waals surface area contributed by atoms with Gasteiger partial charge >= 0.3 is 6.09 Å². The molecular formula is C30H28ClF2N7O3. The molecule has 2 heterocycles. The molecule has 222 valence electrons. The van der Waals surface area contributed by atoms with E-state index in [1.165, 1.54) is 7.05 Å². The number of hydrogen-bond donors (Lipinski definition) is 2. The number of hydrogen-bond acceptors (Lipinski definition) is 6. The van der Waals surface area contributed by atoms with E-state index in [2.05, 4.69) is 20.4 Å². The second kappa shape index (κ2) is 12.2. The fourth-order valence-electron chi connectivity index (χ4n) is 4.43. The number of benzene rings is 2. The average Bonchev–Trinajstić information content (AvgIpc) is 3.50. The second-order valence-electron chi connectivity index (χ2n) is 10.3. The number of halogens is 3. The maximum absolute atomic E-state index is 14.1. The van der Waals surface area contributed by atoms with Gasteiger partial charge in [0.05, 0.1) is 28.6 Å². The molecule has 0 radical (unpaired) electrons. The first kappa shape index (κ1) is 29.6. The number of amides is 2. The van der Waals surface area contributed by atoms with Crippen LogP contribution in [0.5, 0.6) is 0 Å². The molecule has 3 N–H and O–H groups in total. The first-order chi connectivity index (χ1) is 20.6. The molecule has 0 bridgehead atoms. The lowest BCUT2D eigenvalue weighted by molar-refractivity contribution is 0.0696. The highest BCUT2D eigenvalue weighted by atomic mass is 35.5. The Balaban J connectivity index is 1.55. The summed E-state index contributed by atoms with van der Waals surface area (Å²) in [5, 5.41) is 7.56. The quantitative estimate of drug-likeness (QED) is 0.207. The molecule has 1 atom stereocenters. The fourth-order valence-corrected chi connectivity index (χ4v) is 4.64. The lowest BCUT2D eigenvalue weighted by Gasteiger charge is -2.31. The number of rotatable bonds is 8. The van der Waals surface area contributed by atoms with Crippen molar-refractivity contribution in [3.8, 4) is 16.9 Å². The van der Waals surface area contributed by atoms with E-state index in [0.29, 0.717) is 28.0 Å². The van der Waals surface area contributed by atoms with E-state index in [0.717, 1.165) is 35.4 Å². The summed E-state index contributed by atoms with van der Waals surface area (Å²) in [6.07, 6.45) is 5.96. The first-order valence-electron chi connectivity index (χ1n) is 13.3. The van der Waals surface area contributed by atoms with Crippen LogP contribution in [-0.2, 0) is 4.74 Å². The highest BCUT2D eigenvalue weighted by Crippen LogP contribution is 2.35. The Morgan fingerprint density at radius 3 is 2.58 bits per heavy atom. The lowest BCUT2D eigenvalue weighted by atomic mass is 10.0. The minimum absolute atomic E-state index is 0.272. The van der Waals surface area contributed by atoms with Gasteiger partial charge < -0.3 is 15.8 Å². The van der Waals surface area contributed by atoms with Gasteiger partial charge in [0.25, 0.3) is 5.91 Å². The van der Waals surface area contributed by atoms with E-state index >= 15 is 0 Å². The minimum Gasteiger partial charge on any atom is -0.447 e. The zero-order chi connectivity index (χ0) is 30.7. The van der Waals surface area contributed by atoms with Crippen molar-refractivity contribution in [3.63, 3.8) is 0 Å². The van der Waals surface area contributed by atoms with Crippen molar-refractivity contribution in [2.75, 3.05) is 13.7 Å². The van der Waals surface area contributed by atoms with Crippen LogP contribution in [0.25, 0.3) is 16.9 Å². The predicted octanol–water partition coefficient (Wildman–Crippen LogP) is 5.27. The molecular weight excluding hydrogens is 580 g/mol. The maximum atomic E-state index is 14.1. The Bertz CT molecular complexity index is 1670. The fraction of sp³-hybridized carbons (Fsp3) is 0.233. The predicted molar refractivity (Wildman–Crippen MR) is 157 cm³/mol. The molecule has 10 nitrogen and oxygen atoms in total. The van der Waals surface area contributed by atoms with Gasteiger partial charge in [0.1, 0.15) is 18.2 Å². The molecule has 1 fully saturated rings. The third kappa shape index (κ3) is 6.81. The van der Waals surface area contributed by atoms with Gasteiger partial charge in [-0.25, -0.2) is 18.3 Å². The van der Waals surface area contributed by atoms with E-state index in [9.17, 15) is 18.4 Å². The first-order valence-corrected chi connectivity index (χ1v) is 13.7. The van der Waals surface area contributed by atoms with Crippen molar-refractivity contribution in [3.05, 3.63) is 101 Å². The number of guanidine groups is 1. The van der Waals surface area contributed by atoms with Gasteiger partial charge in [0.2, 0.25) is 0 Å². The van der Waals surface area contributed by atoms with Crippen molar-refractivity contribution in [2.24, 2.45) is 10.7 Å². The van der Waals surface area contributed by atoms with Gasteiger partial charge in [-0.1, -0.05) is 23.7 Å². The molecule has 1 saturated carbocycles. The molecule has 2 aromatic carbocycles. The summed E-state index contributed by atoms with van der Waals surface area (Å²) in [4.78, 5) is 35.8. The molecule has 2 aromatic heterocycles. The number of nitrogens with one attached hydrogen (secondary N) is 1. The molecule has 0 unspecified atom stereocenters. The smallest absolute Gasteiger partial charge is 0.407 e. The highest BCUT2D eigenvalue weighted by Gasteiger charge is 2.40. The number of nitrogens with two attached hydrogens (primary N) is 1. The zero-order valence-corrected chi connectivity index (χ0v) is 24.1. The second-order valence-corrected chi connectivity index (χ2v) is 10.7. The summed E-state index contributed by atoms with van der Waals surface area (Å²) >= 11 is 6.58. The number of pyridine rings is 1.